The van der Waals surface area contributed by atoms with E-state index < -0.39 is 0 Å². The van der Waals surface area contributed by atoms with Crippen molar-refractivity contribution < 1.29 is 0 Å². The number of imidazole rings is 1. The Morgan fingerprint density at radius 1 is 1.24 bits per heavy atom. The van der Waals surface area contributed by atoms with Gasteiger partial charge in [-0.05, 0) is 20.0 Å². The molecule has 17 heavy (non-hydrogen) atoms. The molecule has 0 aliphatic carbocycles. The van der Waals surface area contributed by atoms with Gasteiger partial charge in [-0.15, -0.1) is 0 Å². The summed E-state index contributed by atoms with van der Waals surface area (Å²) >= 11 is 1.86. The molecule has 2 rings (SSSR count). The highest BCUT2D eigenvalue weighted by molar-refractivity contribution is 7.99. The molecule has 0 bridgehead atoms. The first-order chi connectivity index (χ1) is 8.25. The van der Waals surface area contributed by atoms with Crippen LogP contribution in [0.2, 0.25) is 0 Å². The predicted molar refractivity (Wildman–Crippen MR) is 72.5 cm³/mol. The monoisotopic (exact) mass is 254 g/mol. The molecule has 1 aliphatic rings. The van der Waals surface area contributed by atoms with Crippen LogP contribution in [0, 0.1) is 0 Å². The Labute approximate surface area is 108 Å². The predicted octanol–water partition coefficient (Wildman–Crippen LogP) is 1.15. The number of nitrogens with zero attached hydrogens (tertiary/aromatic N) is 4. The highest BCUT2D eigenvalue weighted by Gasteiger charge is 2.12. The number of aromatic nitrogens is 2. The van der Waals surface area contributed by atoms with Crippen LogP contribution in [0.3, 0.4) is 0 Å². The van der Waals surface area contributed by atoms with E-state index in [0.717, 1.165) is 10.9 Å². The topological polar surface area (TPSA) is 24.3 Å². The number of thioether (sulfide) groups is 1. The van der Waals surface area contributed by atoms with Gasteiger partial charge in [0.15, 0.2) is 5.16 Å². The van der Waals surface area contributed by atoms with Crippen LogP contribution in [0.4, 0.5) is 0 Å². The molecule has 0 radical (unpaired) electrons. The molecular weight excluding hydrogens is 232 g/mol. The molecule has 96 valence electrons. The lowest BCUT2D eigenvalue weighted by molar-refractivity contribution is 0.154. The third-order valence-corrected chi connectivity index (χ3v) is 4.37. The number of aryl methyl sites for hydroxylation is 1. The molecule has 1 aromatic heterocycles. The normalized spacial score (nSPS) is 18.7. The molecule has 0 unspecified atom stereocenters. The Bertz CT molecular complexity index is 331. The van der Waals surface area contributed by atoms with Crippen LogP contribution in [0.15, 0.2) is 17.6 Å². The van der Waals surface area contributed by atoms with E-state index in [1.165, 1.54) is 39.1 Å². The molecule has 1 fully saturated rings. The first-order valence-electron chi connectivity index (χ1n) is 6.27. The van der Waals surface area contributed by atoms with E-state index in [9.17, 15) is 0 Å². The number of likely N-dealkylation sites (N-methyl/N-ethyl adjacent to an activating group) is 1. The van der Waals surface area contributed by atoms with Gasteiger partial charge >= 0.3 is 0 Å². The van der Waals surface area contributed by atoms with Gasteiger partial charge in [0.1, 0.15) is 0 Å². The number of piperazine rings is 1. The average Bonchev–Trinajstić information content (AvgIpc) is 2.73. The summed E-state index contributed by atoms with van der Waals surface area (Å²) in [4.78, 5) is 9.29. The van der Waals surface area contributed by atoms with Crippen LogP contribution in [0.25, 0.3) is 0 Å². The standard InChI is InChI=1S/C12H22N4S/c1-14-7-9-16(10-8-14)5-3-11-17-12-13-4-6-15(12)2/h4,6H,3,5,7-11H2,1-2H3. The van der Waals surface area contributed by atoms with Crippen LogP contribution in [0.1, 0.15) is 6.42 Å². The molecular formula is C12H22N4S. The van der Waals surface area contributed by atoms with Crippen molar-refractivity contribution in [1.82, 2.24) is 19.4 Å². The van der Waals surface area contributed by atoms with Crippen molar-refractivity contribution in [3.05, 3.63) is 12.4 Å². The second-order valence-electron chi connectivity index (χ2n) is 4.67. The van der Waals surface area contributed by atoms with Crippen molar-refractivity contribution in [2.45, 2.75) is 11.6 Å². The summed E-state index contributed by atoms with van der Waals surface area (Å²) in [5.74, 6) is 1.16. The molecule has 4 nitrogen and oxygen atoms in total. The third kappa shape index (κ3) is 4.01. The molecule has 2 heterocycles. The minimum absolute atomic E-state index is 1.13. The van der Waals surface area contributed by atoms with Gasteiger partial charge < -0.3 is 14.4 Å². The van der Waals surface area contributed by atoms with Gasteiger partial charge in [0.05, 0.1) is 0 Å². The largest absolute Gasteiger partial charge is 0.329 e. The van der Waals surface area contributed by atoms with Crippen molar-refractivity contribution in [3.8, 4) is 0 Å². The summed E-state index contributed by atoms with van der Waals surface area (Å²) in [6.45, 7) is 6.11. The summed E-state index contributed by atoms with van der Waals surface area (Å²) < 4.78 is 2.08. The van der Waals surface area contributed by atoms with Crippen molar-refractivity contribution in [1.29, 1.82) is 0 Å². The van der Waals surface area contributed by atoms with Crippen molar-refractivity contribution >= 4 is 11.8 Å². The summed E-state index contributed by atoms with van der Waals surface area (Å²) in [5, 5.41) is 1.13. The van der Waals surface area contributed by atoms with E-state index in [1.807, 2.05) is 24.2 Å². The van der Waals surface area contributed by atoms with Gasteiger partial charge in [-0.3, -0.25) is 0 Å². The van der Waals surface area contributed by atoms with Gasteiger partial charge in [-0.2, -0.15) is 0 Å². The smallest absolute Gasteiger partial charge is 0.167 e. The number of hydrogen-bond donors (Lipinski definition) is 0. The second-order valence-corrected chi connectivity index (χ2v) is 5.73. The van der Waals surface area contributed by atoms with Gasteiger partial charge in [0, 0.05) is 51.4 Å². The Morgan fingerprint density at radius 3 is 2.65 bits per heavy atom. The number of rotatable bonds is 5. The zero-order chi connectivity index (χ0) is 12.1. The van der Waals surface area contributed by atoms with Crippen LogP contribution in [-0.2, 0) is 7.05 Å². The average molecular weight is 254 g/mol. The van der Waals surface area contributed by atoms with Crippen LogP contribution in [-0.4, -0.2) is 64.9 Å². The summed E-state index contributed by atoms with van der Waals surface area (Å²) in [6, 6.07) is 0. The van der Waals surface area contributed by atoms with Crippen LogP contribution >= 0.6 is 11.8 Å². The fraction of sp³-hybridized carbons (Fsp3) is 0.750. The van der Waals surface area contributed by atoms with E-state index in [-0.39, 0.29) is 0 Å². The minimum atomic E-state index is 1.13. The maximum absolute atomic E-state index is 4.32. The van der Waals surface area contributed by atoms with Gasteiger partial charge in [-0.1, -0.05) is 11.8 Å². The summed E-state index contributed by atoms with van der Waals surface area (Å²) in [6.07, 6.45) is 5.12. The van der Waals surface area contributed by atoms with E-state index in [2.05, 4.69) is 33.4 Å². The van der Waals surface area contributed by atoms with Crippen molar-refractivity contribution in [2.75, 3.05) is 45.5 Å². The third-order valence-electron chi connectivity index (χ3n) is 3.22. The zero-order valence-corrected chi connectivity index (χ0v) is 11.6. The Morgan fingerprint density at radius 2 is 2.00 bits per heavy atom. The molecule has 1 aromatic rings. The molecule has 0 N–H and O–H groups in total. The Balaban J connectivity index is 1.59. The molecule has 0 aromatic carbocycles. The minimum Gasteiger partial charge on any atom is -0.329 e. The fourth-order valence-electron chi connectivity index (χ4n) is 2.01. The van der Waals surface area contributed by atoms with Crippen LogP contribution < -0.4 is 0 Å². The van der Waals surface area contributed by atoms with Gasteiger partial charge in [-0.25, -0.2) is 4.98 Å². The van der Waals surface area contributed by atoms with Gasteiger partial charge in [0.25, 0.3) is 0 Å². The van der Waals surface area contributed by atoms with Crippen molar-refractivity contribution in [2.24, 2.45) is 7.05 Å². The first kappa shape index (κ1) is 12.9. The maximum Gasteiger partial charge on any atom is 0.167 e. The van der Waals surface area contributed by atoms with Gasteiger partial charge in [0.2, 0.25) is 0 Å². The highest BCUT2D eigenvalue weighted by Crippen LogP contribution is 2.15. The molecule has 1 aliphatic heterocycles. The second kappa shape index (κ2) is 6.42. The van der Waals surface area contributed by atoms with Crippen LogP contribution in [0.5, 0.6) is 0 Å². The fourth-order valence-corrected chi connectivity index (χ4v) is 2.87. The molecule has 1 saturated heterocycles. The first-order valence-corrected chi connectivity index (χ1v) is 7.25. The van der Waals surface area contributed by atoms with E-state index >= 15 is 0 Å². The Hall–Kier alpha value is -0.520. The highest BCUT2D eigenvalue weighted by atomic mass is 32.2. The van der Waals surface area contributed by atoms with E-state index in [0.29, 0.717) is 0 Å². The molecule has 0 amide bonds. The Kier molecular flexibility index (Phi) is 4.88. The quantitative estimate of drug-likeness (QED) is 0.581. The lowest BCUT2D eigenvalue weighted by atomic mass is 10.3. The lowest BCUT2D eigenvalue weighted by Gasteiger charge is -2.32. The molecule has 0 spiro atoms. The molecule has 0 atom stereocenters. The zero-order valence-electron chi connectivity index (χ0n) is 10.8. The SMILES string of the molecule is CN1CCN(CCCSc2nccn2C)CC1. The summed E-state index contributed by atoms with van der Waals surface area (Å²) in [7, 11) is 4.25. The van der Waals surface area contributed by atoms with E-state index in [1.54, 1.807) is 0 Å². The van der Waals surface area contributed by atoms with E-state index in [4.69, 9.17) is 0 Å². The van der Waals surface area contributed by atoms with Crippen molar-refractivity contribution in [3.63, 3.8) is 0 Å². The molecule has 5 heteroatoms. The molecule has 0 saturated carbocycles. The summed E-state index contributed by atoms with van der Waals surface area (Å²) in [5.41, 5.74) is 0. The lowest BCUT2D eigenvalue weighted by Crippen LogP contribution is -2.44. The maximum atomic E-state index is 4.32. The number of hydrogen-bond acceptors (Lipinski definition) is 4.